The molecule has 0 spiro atoms. The van der Waals surface area contributed by atoms with Crippen molar-refractivity contribution in [3.05, 3.63) is 70.8 Å². The fourth-order valence-corrected chi connectivity index (χ4v) is 2.57. The zero-order chi connectivity index (χ0) is 13.8. The van der Waals surface area contributed by atoms with Crippen molar-refractivity contribution in [1.29, 1.82) is 0 Å². The topological polar surface area (TPSA) is 12.0 Å². The molecule has 2 rings (SSSR count). The van der Waals surface area contributed by atoms with Gasteiger partial charge in [0, 0.05) is 12.1 Å². The smallest absolute Gasteiger partial charge is 0.0300 e. The van der Waals surface area contributed by atoms with Gasteiger partial charge in [0.2, 0.25) is 0 Å². The monoisotopic (exact) mass is 253 g/mol. The normalized spacial score (nSPS) is 14.1. The molecule has 1 nitrogen and oxygen atoms in total. The third-order valence-electron chi connectivity index (χ3n) is 3.70. The molecule has 0 saturated heterocycles. The first-order valence-corrected chi connectivity index (χ1v) is 6.96. The van der Waals surface area contributed by atoms with Crippen LogP contribution in [0.1, 0.15) is 48.2 Å². The van der Waals surface area contributed by atoms with Crippen molar-refractivity contribution >= 4 is 0 Å². The van der Waals surface area contributed by atoms with E-state index in [0.717, 1.165) is 0 Å². The van der Waals surface area contributed by atoms with Gasteiger partial charge < -0.3 is 5.32 Å². The fourth-order valence-electron chi connectivity index (χ4n) is 2.57. The summed E-state index contributed by atoms with van der Waals surface area (Å²) in [6, 6.07) is 18.0. The van der Waals surface area contributed by atoms with Crippen LogP contribution in [-0.4, -0.2) is 0 Å². The predicted molar refractivity (Wildman–Crippen MR) is 82.3 cm³/mol. The van der Waals surface area contributed by atoms with Gasteiger partial charge in [0.1, 0.15) is 0 Å². The molecule has 0 aromatic heterocycles. The summed E-state index contributed by atoms with van der Waals surface area (Å²) < 4.78 is 0. The molecule has 2 aromatic rings. The molecule has 1 heteroatoms. The second-order valence-electron chi connectivity index (χ2n) is 5.38. The van der Waals surface area contributed by atoms with E-state index in [2.05, 4.69) is 81.5 Å². The summed E-state index contributed by atoms with van der Waals surface area (Å²) in [5, 5.41) is 3.68. The number of aryl methyl sites for hydroxylation is 2. The lowest BCUT2D eigenvalue weighted by Crippen LogP contribution is -2.23. The Bertz CT molecular complexity index is 545. The number of hydrogen-bond acceptors (Lipinski definition) is 1. The Hall–Kier alpha value is -1.60. The van der Waals surface area contributed by atoms with Crippen molar-refractivity contribution in [3.8, 4) is 0 Å². The van der Waals surface area contributed by atoms with Gasteiger partial charge in [-0.1, -0.05) is 54.1 Å². The van der Waals surface area contributed by atoms with Gasteiger partial charge >= 0.3 is 0 Å². The maximum absolute atomic E-state index is 3.68. The van der Waals surface area contributed by atoms with Crippen LogP contribution in [0.5, 0.6) is 0 Å². The second kappa shape index (κ2) is 6.03. The van der Waals surface area contributed by atoms with Gasteiger partial charge in [0.15, 0.2) is 0 Å². The van der Waals surface area contributed by atoms with Crippen molar-refractivity contribution in [1.82, 2.24) is 5.32 Å². The zero-order valence-electron chi connectivity index (χ0n) is 12.3. The molecule has 0 bridgehead atoms. The molecule has 0 fully saturated rings. The Morgan fingerprint density at radius 3 is 2.26 bits per heavy atom. The van der Waals surface area contributed by atoms with E-state index in [1.54, 1.807) is 0 Å². The summed E-state index contributed by atoms with van der Waals surface area (Å²) in [4.78, 5) is 0. The Labute approximate surface area is 116 Å². The minimum Gasteiger partial charge on any atom is -0.304 e. The lowest BCUT2D eigenvalue weighted by molar-refractivity contribution is 0.493. The lowest BCUT2D eigenvalue weighted by Gasteiger charge is -2.22. The molecule has 1 unspecified atom stereocenters. The number of hydrogen-bond donors (Lipinski definition) is 1. The quantitative estimate of drug-likeness (QED) is 0.831. The van der Waals surface area contributed by atoms with Crippen molar-refractivity contribution in [2.24, 2.45) is 0 Å². The Balaban J connectivity index is 2.11. The average molecular weight is 253 g/mol. The van der Waals surface area contributed by atoms with Gasteiger partial charge in [-0.3, -0.25) is 0 Å². The van der Waals surface area contributed by atoms with Gasteiger partial charge in [-0.2, -0.15) is 0 Å². The van der Waals surface area contributed by atoms with Crippen LogP contribution in [0.4, 0.5) is 0 Å². The fraction of sp³-hybridized carbons (Fsp3) is 0.333. The standard InChI is InChI=1S/C18H23N/c1-13-8-7-10-17(12-13)15(3)19-16(4)18-11-6-5-9-14(18)2/h5-12,15-16,19H,1-4H3/t15?,16-/m0/s1. The van der Waals surface area contributed by atoms with Crippen molar-refractivity contribution in [3.63, 3.8) is 0 Å². The maximum Gasteiger partial charge on any atom is 0.0300 e. The molecule has 0 amide bonds. The zero-order valence-corrected chi connectivity index (χ0v) is 12.3. The van der Waals surface area contributed by atoms with Gasteiger partial charge in [-0.25, -0.2) is 0 Å². The van der Waals surface area contributed by atoms with E-state index in [1.807, 2.05) is 0 Å². The van der Waals surface area contributed by atoms with Crippen LogP contribution in [0.25, 0.3) is 0 Å². The van der Waals surface area contributed by atoms with E-state index in [4.69, 9.17) is 0 Å². The van der Waals surface area contributed by atoms with E-state index >= 15 is 0 Å². The minimum absolute atomic E-state index is 0.356. The predicted octanol–water partition coefficient (Wildman–Crippen LogP) is 4.72. The maximum atomic E-state index is 3.68. The lowest BCUT2D eigenvalue weighted by atomic mass is 10.00. The molecule has 0 saturated carbocycles. The van der Waals surface area contributed by atoms with E-state index in [9.17, 15) is 0 Å². The first-order chi connectivity index (χ1) is 9.08. The Morgan fingerprint density at radius 2 is 1.58 bits per heavy atom. The molecule has 0 aliphatic rings. The van der Waals surface area contributed by atoms with Crippen molar-refractivity contribution < 1.29 is 0 Å². The molecule has 0 heterocycles. The largest absolute Gasteiger partial charge is 0.304 e. The van der Waals surface area contributed by atoms with Gasteiger partial charge in [-0.05, 0) is 44.4 Å². The van der Waals surface area contributed by atoms with E-state index in [0.29, 0.717) is 12.1 Å². The molecule has 19 heavy (non-hydrogen) atoms. The third-order valence-corrected chi connectivity index (χ3v) is 3.70. The Morgan fingerprint density at radius 1 is 0.842 bits per heavy atom. The molecule has 2 aromatic carbocycles. The summed E-state index contributed by atoms with van der Waals surface area (Å²) in [7, 11) is 0. The minimum atomic E-state index is 0.356. The number of benzene rings is 2. The number of rotatable bonds is 4. The highest BCUT2D eigenvalue weighted by molar-refractivity contribution is 5.29. The van der Waals surface area contributed by atoms with E-state index in [1.165, 1.54) is 22.3 Å². The van der Waals surface area contributed by atoms with Crippen LogP contribution in [-0.2, 0) is 0 Å². The van der Waals surface area contributed by atoms with Gasteiger partial charge in [0.25, 0.3) is 0 Å². The molecule has 0 radical (unpaired) electrons. The third kappa shape index (κ3) is 3.45. The summed E-state index contributed by atoms with van der Waals surface area (Å²) >= 11 is 0. The van der Waals surface area contributed by atoms with Crippen LogP contribution >= 0.6 is 0 Å². The molecule has 0 aliphatic carbocycles. The molecule has 1 N–H and O–H groups in total. The van der Waals surface area contributed by atoms with Gasteiger partial charge in [0.05, 0.1) is 0 Å². The van der Waals surface area contributed by atoms with E-state index < -0.39 is 0 Å². The molecule has 0 aliphatic heterocycles. The van der Waals surface area contributed by atoms with E-state index in [-0.39, 0.29) is 0 Å². The SMILES string of the molecule is Cc1cccc(C(C)N[C@@H](C)c2ccccc2C)c1. The first-order valence-electron chi connectivity index (χ1n) is 6.96. The van der Waals surface area contributed by atoms with Gasteiger partial charge in [-0.15, -0.1) is 0 Å². The molecular weight excluding hydrogens is 230 g/mol. The summed E-state index contributed by atoms with van der Waals surface area (Å²) in [5.41, 5.74) is 5.39. The van der Waals surface area contributed by atoms with Crippen LogP contribution in [0.2, 0.25) is 0 Å². The van der Waals surface area contributed by atoms with Crippen molar-refractivity contribution in [2.75, 3.05) is 0 Å². The van der Waals surface area contributed by atoms with Crippen molar-refractivity contribution in [2.45, 2.75) is 39.8 Å². The summed E-state index contributed by atoms with van der Waals surface area (Å²) in [6.45, 7) is 8.77. The first kappa shape index (κ1) is 13.8. The van der Waals surface area contributed by atoms with Crippen LogP contribution < -0.4 is 5.32 Å². The van der Waals surface area contributed by atoms with Crippen LogP contribution in [0, 0.1) is 13.8 Å². The van der Waals surface area contributed by atoms with Crippen LogP contribution in [0.15, 0.2) is 48.5 Å². The number of nitrogens with one attached hydrogen (secondary N) is 1. The highest BCUT2D eigenvalue weighted by atomic mass is 14.9. The highest BCUT2D eigenvalue weighted by Crippen LogP contribution is 2.22. The molecular formula is C18H23N. The molecule has 100 valence electrons. The summed E-state index contributed by atoms with van der Waals surface area (Å²) in [6.07, 6.45) is 0. The summed E-state index contributed by atoms with van der Waals surface area (Å²) in [5.74, 6) is 0. The Kier molecular flexibility index (Phi) is 4.39. The average Bonchev–Trinajstić information content (AvgIpc) is 2.39. The highest BCUT2D eigenvalue weighted by Gasteiger charge is 2.12. The van der Waals surface area contributed by atoms with Crippen LogP contribution in [0.3, 0.4) is 0 Å². The second-order valence-corrected chi connectivity index (χ2v) is 5.38. The molecule has 2 atom stereocenters.